The second kappa shape index (κ2) is 9.93. The summed E-state index contributed by atoms with van der Waals surface area (Å²) in [5, 5.41) is 0. The maximum Gasteiger partial charge on any atom is 0.254 e. The van der Waals surface area contributed by atoms with Crippen LogP contribution < -0.4 is 4.72 Å². The van der Waals surface area contributed by atoms with E-state index in [0.717, 1.165) is 31.5 Å². The van der Waals surface area contributed by atoms with Gasteiger partial charge in [0.05, 0.1) is 10.9 Å². The normalized spacial score (nSPS) is 17.0. The first-order chi connectivity index (χ1) is 16.9. The molecule has 1 saturated carbocycles. The Morgan fingerprint density at radius 1 is 0.857 bits per heavy atom. The first-order valence-electron chi connectivity index (χ1n) is 12.2. The van der Waals surface area contributed by atoms with Gasteiger partial charge in [0.1, 0.15) is 0 Å². The zero-order valence-corrected chi connectivity index (χ0v) is 20.7. The minimum absolute atomic E-state index is 0.0238. The van der Waals surface area contributed by atoms with E-state index in [0.29, 0.717) is 18.7 Å². The lowest BCUT2D eigenvalue weighted by molar-refractivity contribution is 0.0596. The molecule has 2 aliphatic rings. The van der Waals surface area contributed by atoms with Crippen molar-refractivity contribution in [2.24, 2.45) is 0 Å². The number of carbonyl (C=O) groups excluding carboxylic acids is 1. The van der Waals surface area contributed by atoms with Crippen molar-refractivity contribution in [1.82, 2.24) is 14.5 Å². The first kappa shape index (κ1) is 23.7. The Hall–Kier alpha value is -3.00. The van der Waals surface area contributed by atoms with Gasteiger partial charge in [0, 0.05) is 37.8 Å². The van der Waals surface area contributed by atoms with Crippen molar-refractivity contribution in [3.8, 4) is 0 Å². The molecule has 6 nitrogen and oxygen atoms in total. The van der Waals surface area contributed by atoms with Gasteiger partial charge in [0.2, 0.25) is 10.0 Å². The highest BCUT2D eigenvalue weighted by Gasteiger charge is 2.31. The largest absolute Gasteiger partial charge is 0.336 e. The average molecular weight is 490 g/mol. The van der Waals surface area contributed by atoms with Gasteiger partial charge in [-0.3, -0.25) is 9.69 Å². The Labute approximate surface area is 207 Å². The molecule has 2 fully saturated rings. The zero-order valence-electron chi connectivity index (χ0n) is 19.9. The summed E-state index contributed by atoms with van der Waals surface area (Å²) in [6.07, 6.45) is 1.74. The predicted molar refractivity (Wildman–Crippen MR) is 137 cm³/mol. The third-order valence-electron chi connectivity index (χ3n) is 6.85. The van der Waals surface area contributed by atoms with E-state index in [-0.39, 0.29) is 22.9 Å². The number of aryl methyl sites for hydroxylation is 1. The van der Waals surface area contributed by atoms with E-state index in [1.54, 1.807) is 12.1 Å². The third kappa shape index (κ3) is 5.32. The summed E-state index contributed by atoms with van der Waals surface area (Å²) < 4.78 is 28.1. The maximum atomic E-state index is 13.4. The van der Waals surface area contributed by atoms with Crippen LogP contribution in [0.3, 0.4) is 0 Å². The first-order valence-corrected chi connectivity index (χ1v) is 13.7. The number of amides is 1. The fourth-order valence-electron chi connectivity index (χ4n) is 4.73. The second-order valence-electron chi connectivity index (χ2n) is 9.42. The Morgan fingerprint density at radius 2 is 1.43 bits per heavy atom. The summed E-state index contributed by atoms with van der Waals surface area (Å²) in [6.45, 7) is 4.51. The molecule has 35 heavy (non-hydrogen) atoms. The fraction of sp³-hybridized carbons (Fsp3) is 0.321. The molecule has 1 saturated heterocycles. The van der Waals surface area contributed by atoms with Crippen LogP contribution in [0.2, 0.25) is 0 Å². The molecule has 0 spiro atoms. The van der Waals surface area contributed by atoms with Crippen LogP contribution in [-0.2, 0) is 10.0 Å². The SMILES string of the molecule is Cc1ccc(S(=O)(=O)NC2CC2)cc1C(=O)N1CCN(C(c2ccccc2)c2ccccc2)CC1. The Kier molecular flexibility index (Phi) is 6.73. The van der Waals surface area contributed by atoms with E-state index >= 15 is 0 Å². The van der Waals surface area contributed by atoms with Gasteiger partial charge in [-0.15, -0.1) is 0 Å². The minimum atomic E-state index is -3.61. The molecule has 182 valence electrons. The molecule has 0 radical (unpaired) electrons. The number of nitrogens with one attached hydrogen (secondary N) is 1. The highest BCUT2D eigenvalue weighted by molar-refractivity contribution is 7.89. The monoisotopic (exact) mass is 489 g/mol. The van der Waals surface area contributed by atoms with Crippen LogP contribution in [0.1, 0.15) is 45.9 Å². The van der Waals surface area contributed by atoms with Crippen LogP contribution in [0.4, 0.5) is 0 Å². The standard InChI is InChI=1S/C28H31N3O3S/c1-21-12-15-25(35(33,34)29-24-13-14-24)20-26(21)28(32)31-18-16-30(17-19-31)27(22-8-4-2-5-9-22)23-10-6-3-7-11-23/h2-12,15,20,24,27,29H,13-14,16-19H2,1H3. The van der Waals surface area contributed by atoms with E-state index in [1.807, 2.05) is 24.0 Å². The van der Waals surface area contributed by atoms with Crippen molar-refractivity contribution in [2.75, 3.05) is 26.2 Å². The van der Waals surface area contributed by atoms with Gasteiger partial charge in [-0.25, -0.2) is 13.1 Å². The second-order valence-corrected chi connectivity index (χ2v) is 11.1. The Bertz CT molecular complexity index is 1240. The highest BCUT2D eigenvalue weighted by Crippen LogP contribution is 2.30. The summed E-state index contributed by atoms with van der Waals surface area (Å²) >= 11 is 0. The molecule has 7 heteroatoms. The number of hydrogen-bond donors (Lipinski definition) is 1. The van der Waals surface area contributed by atoms with Gasteiger partial charge in [0.25, 0.3) is 5.91 Å². The van der Waals surface area contributed by atoms with Crippen molar-refractivity contribution in [3.63, 3.8) is 0 Å². The molecule has 1 N–H and O–H groups in total. The molecular weight excluding hydrogens is 458 g/mol. The van der Waals surface area contributed by atoms with Gasteiger partial charge in [-0.05, 0) is 48.6 Å². The Morgan fingerprint density at radius 3 is 1.97 bits per heavy atom. The van der Waals surface area contributed by atoms with Crippen molar-refractivity contribution in [3.05, 3.63) is 101 Å². The molecule has 1 heterocycles. The number of benzene rings is 3. The van der Waals surface area contributed by atoms with Crippen molar-refractivity contribution >= 4 is 15.9 Å². The molecule has 0 atom stereocenters. The van der Waals surface area contributed by atoms with Gasteiger partial charge < -0.3 is 4.90 Å². The van der Waals surface area contributed by atoms with Crippen LogP contribution >= 0.6 is 0 Å². The zero-order chi connectivity index (χ0) is 24.4. The number of piperazine rings is 1. The average Bonchev–Trinajstić information content (AvgIpc) is 3.69. The van der Waals surface area contributed by atoms with E-state index in [4.69, 9.17) is 0 Å². The van der Waals surface area contributed by atoms with Gasteiger partial charge in [-0.2, -0.15) is 0 Å². The van der Waals surface area contributed by atoms with Gasteiger partial charge in [-0.1, -0.05) is 66.7 Å². The van der Waals surface area contributed by atoms with Gasteiger partial charge in [0.15, 0.2) is 0 Å². The molecule has 0 bridgehead atoms. The van der Waals surface area contributed by atoms with Crippen LogP contribution in [0.25, 0.3) is 0 Å². The lowest BCUT2D eigenvalue weighted by atomic mass is 9.96. The van der Waals surface area contributed by atoms with Crippen molar-refractivity contribution in [2.45, 2.75) is 36.7 Å². The summed E-state index contributed by atoms with van der Waals surface area (Å²) in [7, 11) is -3.61. The smallest absolute Gasteiger partial charge is 0.254 e. The number of rotatable bonds is 7. The molecule has 3 aromatic rings. The lowest BCUT2D eigenvalue weighted by Gasteiger charge is -2.40. The minimum Gasteiger partial charge on any atom is -0.336 e. The molecule has 1 aliphatic heterocycles. The molecule has 5 rings (SSSR count). The predicted octanol–water partition coefficient (Wildman–Crippen LogP) is 3.98. The summed E-state index contributed by atoms with van der Waals surface area (Å²) in [6, 6.07) is 25.9. The lowest BCUT2D eigenvalue weighted by Crippen LogP contribution is -2.50. The van der Waals surface area contributed by atoms with E-state index in [1.165, 1.54) is 17.2 Å². The molecule has 0 aromatic heterocycles. The van der Waals surface area contributed by atoms with Crippen molar-refractivity contribution in [1.29, 1.82) is 0 Å². The van der Waals surface area contributed by atoms with Crippen molar-refractivity contribution < 1.29 is 13.2 Å². The third-order valence-corrected chi connectivity index (χ3v) is 8.36. The molecule has 3 aromatic carbocycles. The van der Waals surface area contributed by atoms with E-state index in [9.17, 15) is 13.2 Å². The van der Waals surface area contributed by atoms with Crippen LogP contribution in [-0.4, -0.2) is 56.3 Å². The van der Waals surface area contributed by atoms with E-state index < -0.39 is 10.0 Å². The fourth-order valence-corrected chi connectivity index (χ4v) is 6.06. The summed E-state index contributed by atoms with van der Waals surface area (Å²) in [5.41, 5.74) is 3.71. The topological polar surface area (TPSA) is 69.7 Å². The number of hydrogen-bond acceptors (Lipinski definition) is 4. The summed E-state index contributed by atoms with van der Waals surface area (Å²) in [5.74, 6) is -0.110. The highest BCUT2D eigenvalue weighted by atomic mass is 32.2. The van der Waals surface area contributed by atoms with E-state index in [2.05, 4.69) is 58.2 Å². The van der Waals surface area contributed by atoms with Crippen LogP contribution in [0, 0.1) is 6.92 Å². The number of sulfonamides is 1. The molecule has 1 amide bonds. The van der Waals surface area contributed by atoms with Gasteiger partial charge >= 0.3 is 0 Å². The quantitative estimate of drug-likeness (QED) is 0.545. The number of carbonyl (C=O) groups is 1. The summed E-state index contributed by atoms with van der Waals surface area (Å²) in [4.78, 5) is 17.9. The molecular formula is C28H31N3O3S. The number of nitrogens with zero attached hydrogens (tertiary/aromatic N) is 2. The maximum absolute atomic E-state index is 13.4. The molecule has 0 unspecified atom stereocenters. The Balaban J connectivity index is 1.33. The molecule has 1 aliphatic carbocycles. The van der Waals surface area contributed by atoms with Crippen LogP contribution in [0.15, 0.2) is 83.8 Å². The van der Waals surface area contributed by atoms with Crippen LogP contribution in [0.5, 0.6) is 0 Å².